The van der Waals surface area contributed by atoms with E-state index in [9.17, 15) is 18.3 Å². The Bertz CT molecular complexity index is 1360. The minimum absolute atomic E-state index is 0.0663. The van der Waals surface area contributed by atoms with Crippen molar-refractivity contribution in [2.75, 3.05) is 9.62 Å². The summed E-state index contributed by atoms with van der Waals surface area (Å²) in [6.07, 6.45) is 0. The lowest BCUT2D eigenvalue weighted by Crippen LogP contribution is -2.30. The molecule has 4 rings (SSSR count). The highest BCUT2D eigenvalue weighted by Crippen LogP contribution is 2.40. The van der Waals surface area contributed by atoms with Gasteiger partial charge >= 0.3 is 5.97 Å². The topological polar surface area (TPSA) is 99.6 Å². The van der Waals surface area contributed by atoms with E-state index < -0.39 is 21.9 Å². The predicted molar refractivity (Wildman–Crippen MR) is 133 cm³/mol. The molecular formula is C26H29N3O4S. The summed E-state index contributed by atoms with van der Waals surface area (Å²) >= 11 is 0. The summed E-state index contributed by atoms with van der Waals surface area (Å²) < 4.78 is 29.2. The van der Waals surface area contributed by atoms with Crippen molar-refractivity contribution in [1.82, 2.24) is 4.98 Å². The molecule has 0 aliphatic carbocycles. The van der Waals surface area contributed by atoms with E-state index in [1.165, 1.54) is 4.31 Å². The fourth-order valence-electron chi connectivity index (χ4n) is 3.93. The standard InChI is InChI=1S/C26H29N3O4S/c1-16-6-7-19-15-29(34(32,33)21-11-9-20(10-12-21)26(3,4)5)23-14-18(17(2)25(30)31)8-13-22(23)28-24(19)27-16/h6-14,17H,15H2,1-5H3,(H,27,28)(H,30,31). The first-order chi connectivity index (χ1) is 15.9. The number of aryl methyl sites for hydroxylation is 1. The Balaban J connectivity index is 1.88. The van der Waals surface area contributed by atoms with Gasteiger partial charge in [0.15, 0.2) is 0 Å². The summed E-state index contributed by atoms with van der Waals surface area (Å²) in [5, 5.41) is 12.8. The van der Waals surface area contributed by atoms with Crippen LogP contribution in [0.4, 0.5) is 17.2 Å². The first kappa shape index (κ1) is 23.8. The minimum Gasteiger partial charge on any atom is -0.481 e. The zero-order valence-corrected chi connectivity index (χ0v) is 20.8. The summed E-state index contributed by atoms with van der Waals surface area (Å²) in [5.41, 5.74) is 3.92. The average molecular weight is 480 g/mol. The van der Waals surface area contributed by atoms with Crippen LogP contribution in [0, 0.1) is 6.92 Å². The quantitative estimate of drug-likeness (QED) is 0.525. The number of pyridine rings is 1. The van der Waals surface area contributed by atoms with Gasteiger partial charge in [-0.2, -0.15) is 0 Å². The molecule has 1 aromatic heterocycles. The number of fused-ring (bicyclic) bond motifs is 2. The van der Waals surface area contributed by atoms with Crippen molar-refractivity contribution in [2.45, 2.75) is 57.4 Å². The molecule has 0 amide bonds. The molecule has 0 bridgehead atoms. The molecule has 0 saturated heterocycles. The van der Waals surface area contributed by atoms with Gasteiger partial charge in [-0.15, -0.1) is 0 Å². The van der Waals surface area contributed by atoms with Crippen molar-refractivity contribution < 1.29 is 18.3 Å². The van der Waals surface area contributed by atoms with Crippen LogP contribution in [0.3, 0.4) is 0 Å². The fourth-order valence-corrected chi connectivity index (χ4v) is 5.38. The Labute approximate surface area is 200 Å². The van der Waals surface area contributed by atoms with E-state index >= 15 is 0 Å². The number of nitrogens with one attached hydrogen (secondary N) is 1. The lowest BCUT2D eigenvalue weighted by Gasteiger charge is -2.26. The van der Waals surface area contributed by atoms with Gasteiger partial charge in [0, 0.05) is 11.3 Å². The molecule has 0 radical (unpaired) electrons. The number of rotatable bonds is 4. The Morgan fingerprint density at radius 1 is 1.09 bits per heavy atom. The van der Waals surface area contributed by atoms with Crippen molar-refractivity contribution in [3.63, 3.8) is 0 Å². The predicted octanol–water partition coefficient (Wildman–Crippen LogP) is 5.33. The van der Waals surface area contributed by atoms with Gasteiger partial charge in [-0.1, -0.05) is 45.0 Å². The molecule has 8 heteroatoms. The summed E-state index contributed by atoms with van der Waals surface area (Å²) in [6, 6.07) is 15.7. The van der Waals surface area contributed by atoms with Crippen LogP contribution in [-0.4, -0.2) is 24.5 Å². The van der Waals surface area contributed by atoms with E-state index in [1.54, 1.807) is 37.3 Å². The van der Waals surface area contributed by atoms with Gasteiger partial charge in [0.05, 0.1) is 28.7 Å². The number of aliphatic carboxylic acids is 1. The SMILES string of the molecule is Cc1ccc2c(n1)Nc1ccc(C(C)C(=O)O)cc1N(S(=O)(=O)c1ccc(C(C)(C)C)cc1)C2. The van der Waals surface area contributed by atoms with Crippen LogP contribution in [-0.2, 0) is 26.8 Å². The summed E-state index contributed by atoms with van der Waals surface area (Å²) in [4.78, 5) is 16.3. The van der Waals surface area contributed by atoms with Crippen molar-refractivity contribution >= 4 is 33.2 Å². The van der Waals surface area contributed by atoms with E-state index in [2.05, 4.69) is 31.1 Å². The lowest BCUT2D eigenvalue weighted by atomic mass is 9.87. The number of hydrogen-bond donors (Lipinski definition) is 2. The molecular weight excluding hydrogens is 450 g/mol. The molecule has 7 nitrogen and oxygen atoms in total. The number of carbonyl (C=O) groups is 1. The Hall–Kier alpha value is -3.39. The second-order valence-electron chi connectivity index (χ2n) is 9.71. The Kier molecular flexibility index (Phi) is 5.89. The van der Waals surface area contributed by atoms with Crippen molar-refractivity contribution in [3.05, 3.63) is 77.0 Å². The highest BCUT2D eigenvalue weighted by molar-refractivity contribution is 7.92. The monoisotopic (exact) mass is 479 g/mol. The van der Waals surface area contributed by atoms with E-state index in [1.807, 2.05) is 31.2 Å². The van der Waals surface area contributed by atoms with Gasteiger partial charge in [-0.25, -0.2) is 13.4 Å². The van der Waals surface area contributed by atoms with Crippen LogP contribution in [0.2, 0.25) is 0 Å². The zero-order chi connectivity index (χ0) is 24.8. The molecule has 34 heavy (non-hydrogen) atoms. The highest BCUT2D eigenvalue weighted by atomic mass is 32.2. The number of nitrogens with zero attached hydrogens (tertiary/aromatic N) is 2. The van der Waals surface area contributed by atoms with Crippen LogP contribution in [0.15, 0.2) is 59.5 Å². The fraction of sp³-hybridized carbons (Fsp3) is 0.308. The highest BCUT2D eigenvalue weighted by Gasteiger charge is 2.32. The molecule has 3 aromatic rings. The average Bonchev–Trinajstić information content (AvgIpc) is 2.94. The van der Waals surface area contributed by atoms with E-state index in [4.69, 9.17) is 0 Å². The number of sulfonamides is 1. The maximum absolute atomic E-state index is 13.9. The Morgan fingerprint density at radius 3 is 2.38 bits per heavy atom. The van der Waals surface area contributed by atoms with Crippen LogP contribution in [0.5, 0.6) is 0 Å². The molecule has 1 unspecified atom stereocenters. The third kappa shape index (κ3) is 4.37. The molecule has 0 spiro atoms. The molecule has 2 aromatic carbocycles. The van der Waals surface area contributed by atoms with Gasteiger partial charge in [0.2, 0.25) is 0 Å². The molecule has 0 fully saturated rings. The maximum Gasteiger partial charge on any atom is 0.310 e. The second kappa shape index (κ2) is 8.43. The van der Waals surface area contributed by atoms with Gasteiger partial charge < -0.3 is 10.4 Å². The van der Waals surface area contributed by atoms with Gasteiger partial charge in [0.25, 0.3) is 10.0 Å². The number of carboxylic acids is 1. The van der Waals surface area contributed by atoms with Crippen LogP contribution in [0.1, 0.15) is 56.0 Å². The first-order valence-corrected chi connectivity index (χ1v) is 12.6. The summed E-state index contributed by atoms with van der Waals surface area (Å²) in [5.74, 6) is -1.18. The van der Waals surface area contributed by atoms with Crippen LogP contribution >= 0.6 is 0 Å². The second-order valence-corrected chi connectivity index (χ2v) is 11.6. The van der Waals surface area contributed by atoms with E-state index in [0.29, 0.717) is 22.8 Å². The summed E-state index contributed by atoms with van der Waals surface area (Å²) in [6.45, 7) is 9.74. The smallest absolute Gasteiger partial charge is 0.310 e. The normalized spacial score (nSPS) is 14.4. The van der Waals surface area contributed by atoms with E-state index in [-0.39, 0.29) is 16.9 Å². The van der Waals surface area contributed by atoms with Crippen LogP contribution in [0.25, 0.3) is 0 Å². The zero-order valence-electron chi connectivity index (χ0n) is 20.0. The maximum atomic E-state index is 13.9. The van der Waals surface area contributed by atoms with E-state index in [0.717, 1.165) is 16.8 Å². The van der Waals surface area contributed by atoms with Crippen molar-refractivity contribution in [3.8, 4) is 0 Å². The van der Waals surface area contributed by atoms with Crippen LogP contribution < -0.4 is 9.62 Å². The lowest BCUT2D eigenvalue weighted by molar-refractivity contribution is -0.138. The van der Waals surface area contributed by atoms with Gasteiger partial charge in [0.1, 0.15) is 5.82 Å². The molecule has 1 aliphatic heterocycles. The number of hydrogen-bond acceptors (Lipinski definition) is 5. The minimum atomic E-state index is -3.96. The van der Waals surface area contributed by atoms with Gasteiger partial charge in [-0.3, -0.25) is 9.10 Å². The molecule has 178 valence electrons. The third-order valence-corrected chi connectivity index (χ3v) is 7.93. The van der Waals surface area contributed by atoms with Crippen molar-refractivity contribution in [1.29, 1.82) is 0 Å². The number of benzene rings is 2. The molecule has 1 atom stereocenters. The van der Waals surface area contributed by atoms with Crippen molar-refractivity contribution in [2.24, 2.45) is 0 Å². The largest absolute Gasteiger partial charge is 0.481 e. The molecule has 1 aliphatic rings. The number of anilines is 3. The third-order valence-electron chi connectivity index (χ3n) is 6.15. The summed E-state index contributed by atoms with van der Waals surface area (Å²) in [7, 11) is -3.96. The molecule has 0 saturated carbocycles. The van der Waals surface area contributed by atoms with Gasteiger partial charge in [-0.05, 0) is 60.7 Å². The number of aromatic nitrogens is 1. The molecule has 2 heterocycles. The number of carboxylic acid groups (broad SMARTS) is 1. The Morgan fingerprint density at radius 2 is 1.76 bits per heavy atom. The molecule has 2 N–H and O–H groups in total. The first-order valence-electron chi connectivity index (χ1n) is 11.1.